The number of amides is 1. The number of anilines is 1. The molecule has 0 aliphatic rings. The second kappa shape index (κ2) is 9.33. The summed E-state index contributed by atoms with van der Waals surface area (Å²) < 4.78 is 4.93. The Bertz CT molecular complexity index is 823. The normalized spacial score (nSPS) is 11.4. The molecular weight excluding hydrogens is 350 g/mol. The Kier molecular flexibility index (Phi) is 6.87. The highest BCUT2D eigenvalue weighted by Crippen LogP contribution is 2.20. The number of carbonyl (C=O) groups excluding carboxylic acids is 2. The van der Waals surface area contributed by atoms with Crippen LogP contribution in [-0.2, 0) is 16.0 Å². The fourth-order valence-corrected chi connectivity index (χ4v) is 2.47. The number of nitro groups is 1. The number of nitrogens with zero attached hydrogens (tertiary/aromatic N) is 1. The minimum atomic E-state index is -0.811. The average Bonchev–Trinajstić information content (AvgIpc) is 2.65. The van der Waals surface area contributed by atoms with Gasteiger partial charge in [-0.2, -0.15) is 0 Å². The number of ether oxygens (including phenoxy) is 1. The zero-order valence-electron chi connectivity index (χ0n) is 14.9. The summed E-state index contributed by atoms with van der Waals surface area (Å²) >= 11 is 0. The van der Waals surface area contributed by atoms with Crippen molar-refractivity contribution in [3.8, 4) is 0 Å². The van der Waals surface area contributed by atoms with Crippen molar-refractivity contribution in [1.82, 2.24) is 5.32 Å². The van der Waals surface area contributed by atoms with E-state index in [1.54, 1.807) is 0 Å². The van der Waals surface area contributed by atoms with Crippen LogP contribution in [0.3, 0.4) is 0 Å². The van der Waals surface area contributed by atoms with E-state index in [-0.39, 0.29) is 23.0 Å². The van der Waals surface area contributed by atoms with Gasteiger partial charge in [0.2, 0.25) is 0 Å². The van der Waals surface area contributed by atoms with Crippen LogP contribution in [0.5, 0.6) is 0 Å². The maximum absolute atomic E-state index is 12.0. The van der Waals surface area contributed by atoms with Gasteiger partial charge in [0, 0.05) is 18.2 Å². The lowest BCUT2D eigenvalue weighted by Gasteiger charge is -2.14. The number of benzene rings is 2. The predicted molar refractivity (Wildman–Crippen MR) is 100 cm³/mol. The molecule has 0 aliphatic carbocycles. The molecule has 0 bridgehead atoms. The fraction of sp³-hybridized carbons (Fsp3) is 0.263. The highest BCUT2D eigenvalue weighted by Gasteiger charge is 2.17. The Balaban J connectivity index is 1.79. The van der Waals surface area contributed by atoms with Crippen LogP contribution in [0.1, 0.15) is 29.3 Å². The monoisotopic (exact) mass is 371 g/mol. The SMILES string of the molecule is C[C@H](CCc1ccccc1)NC(=O)COC(=O)c1ccc([N+](=O)[O-])cc1N. The molecule has 3 N–H and O–H groups in total. The van der Waals surface area contributed by atoms with Crippen molar-refractivity contribution in [3.63, 3.8) is 0 Å². The Hall–Kier alpha value is -3.42. The largest absolute Gasteiger partial charge is 0.452 e. The molecule has 0 unspecified atom stereocenters. The van der Waals surface area contributed by atoms with Gasteiger partial charge in [-0.25, -0.2) is 4.79 Å². The highest BCUT2D eigenvalue weighted by atomic mass is 16.6. The smallest absolute Gasteiger partial charge is 0.340 e. The minimum Gasteiger partial charge on any atom is -0.452 e. The molecular formula is C19H21N3O5. The van der Waals surface area contributed by atoms with Gasteiger partial charge in [0.15, 0.2) is 6.61 Å². The van der Waals surface area contributed by atoms with Crippen LogP contribution in [0.4, 0.5) is 11.4 Å². The van der Waals surface area contributed by atoms with E-state index in [1.165, 1.54) is 11.6 Å². The molecule has 142 valence electrons. The molecule has 1 atom stereocenters. The lowest BCUT2D eigenvalue weighted by atomic mass is 10.1. The zero-order valence-corrected chi connectivity index (χ0v) is 14.9. The molecule has 0 aliphatic heterocycles. The first-order valence-electron chi connectivity index (χ1n) is 8.41. The van der Waals surface area contributed by atoms with Crippen molar-refractivity contribution in [2.24, 2.45) is 0 Å². The van der Waals surface area contributed by atoms with Crippen molar-refractivity contribution >= 4 is 23.3 Å². The third-order valence-corrected chi connectivity index (χ3v) is 3.92. The number of esters is 1. The predicted octanol–water partition coefficient (Wildman–Crippen LogP) is 2.47. The highest BCUT2D eigenvalue weighted by molar-refractivity contribution is 5.96. The summed E-state index contributed by atoms with van der Waals surface area (Å²) in [5.41, 5.74) is 6.49. The fourth-order valence-electron chi connectivity index (χ4n) is 2.47. The van der Waals surface area contributed by atoms with Crippen LogP contribution in [0.25, 0.3) is 0 Å². The van der Waals surface area contributed by atoms with Crippen molar-refractivity contribution in [2.45, 2.75) is 25.8 Å². The molecule has 8 heteroatoms. The standard InChI is InChI=1S/C19H21N3O5/c1-13(7-8-14-5-3-2-4-6-14)21-18(23)12-27-19(24)16-10-9-15(22(25)26)11-17(16)20/h2-6,9-11,13H,7-8,12,20H2,1H3,(H,21,23)/t13-/m1/s1. The number of nitro benzene ring substituents is 1. The Labute approximate surface area is 156 Å². The van der Waals surface area contributed by atoms with Gasteiger partial charge in [-0.15, -0.1) is 0 Å². The number of carbonyl (C=O) groups is 2. The van der Waals surface area contributed by atoms with Gasteiger partial charge >= 0.3 is 5.97 Å². The topological polar surface area (TPSA) is 125 Å². The number of nitrogens with two attached hydrogens (primary N) is 1. The molecule has 2 aromatic rings. The van der Waals surface area contributed by atoms with Crippen LogP contribution in [0.2, 0.25) is 0 Å². The summed E-state index contributed by atoms with van der Waals surface area (Å²) in [7, 11) is 0. The van der Waals surface area contributed by atoms with E-state index >= 15 is 0 Å². The average molecular weight is 371 g/mol. The number of nitrogen functional groups attached to an aromatic ring is 1. The Morgan fingerprint density at radius 3 is 2.56 bits per heavy atom. The molecule has 0 aromatic heterocycles. The number of hydrogen-bond donors (Lipinski definition) is 2. The summed E-state index contributed by atoms with van der Waals surface area (Å²) in [5.74, 6) is -1.24. The first-order chi connectivity index (χ1) is 12.9. The van der Waals surface area contributed by atoms with Crippen LogP contribution < -0.4 is 11.1 Å². The molecule has 8 nitrogen and oxygen atoms in total. The quantitative estimate of drug-likeness (QED) is 0.318. The number of rotatable bonds is 8. The number of aryl methyl sites for hydroxylation is 1. The first-order valence-corrected chi connectivity index (χ1v) is 8.41. The molecule has 1 amide bonds. The third-order valence-electron chi connectivity index (χ3n) is 3.92. The van der Waals surface area contributed by atoms with Crippen molar-refractivity contribution in [2.75, 3.05) is 12.3 Å². The molecule has 0 heterocycles. The molecule has 2 aromatic carbocycles. The maximum Gasteiger partial charge on any atom is 0.340 e. The van der Waals surface area contributed by atoms with Crippen LogP contribution in [-0.4, -0.2) is 29.4 Å². The van der Waals surface area contributed by atoms with Gasteiger partial charge in [0.25, 0.3) is 11.6 Å². The number of nitrogens with one attached hydrogen (secondary N) is 1. The molecule has 0 saturated carbocycles. The summed E-state index contributed by atoms with van der Waals surface area (Å²) in [4.78, 5) is 34.0. The van der Waals surface area contributed by atoms with E-state index in [0.717, 1.165) is 25.0 Å². The van der Waals surface area contributed by atoms with Crippen LogP contribution in [0.15, 0.2) is 48.5 Å². The van der Waals surface area contributed by atoms with E-state index in [0.29, 0.717) is 0 Å². The zero-order chi connectivity index (χ0) is 19.8. The van der Waals surface area contributed by atoms with Crippen molar-refractivity contribution in [1.29, 1.82) is 0 Å². The molecule has 0 radical (unpaired) electrons. The molecule has 2 rings (SSSR count). The van der Waals surface area contributed by atoms with Crippen LogP contribution >= 0.6 is 0 Å². The van der Waals surface area contributed by atoms with Gasteiger partial charge in [-0.3, -0.25) is 14.9 Å². The Morgan fingerprint density at radius 1 is 1.22 bits per heavy atom. The maximum atomic E-state index is 12.0. The first kappa shape index (κ1) is 19.9. The molecule has 0 fully saturated rings. The molecule has 27 heavy (non-hydrogen) atoms. The summed E-state index contributed by atoms with van der Waals surface area (Å²) in [6.45, 7) is 1.42. The summed E-state index contributed by atoms with van der Waals surface area (Å²) in [6.07, 6.45) is 1.57. The van der Waals surface area contributed by atoms with Gasteiger partial charge in [-0.1, -0.05) is 30.3 Å². The lowest BCUT2D eigenvalue weighted by molar-refractivity contribution is -0.384. The molecule has 0 saturated heterocycles. The van der Waals surface area contributed by atoms with Crippen molar-refractivity contribution in [3.05, 3.63) is 69.8 Å². The van der Waals surface area contributed by atoms with Gasteiger partial charge in [0.05, 0.1) is 16.2 Å². The number of non-ortho nitro benzene ring substituents is 1. The third kappa shape index (κ3) is 6.10. The summed E-state index contributed by atoms with van der Waals surface area (Å²) in [6, 6.07) is 13.2. The number of hydrogen-bond acceptors (Lipinski definition) is 6. The van der Waals surface area contributed by atoms with Gasteiger partial charge in [-0.05, 0) is 31.4 Å². The second-order valence-electron chi connectivity index (χ2n) is 6.10. The lowest BCUT2D eigenvalue weighted by Crippen LogP contribution is -2.36. The van der Waals surface area contributed by atoms with Gasteiger partial charge < -0.3 is 15.8 Å². The molecule has 0 spiro atoms. The van der Waals surface area contributed by atoms with Gasteiger partial charge in [0.1, 0.15) is 0 Å². The summed E-state index contributed by atoms with van der Waals surface area (Å²) in [5, 5.41) is 13.4. The minimum absolute atomic E-state index is 0.0227. The van der Waals surface area contributed by atoms with Crippen molar-refractivity contribution < 1.29 is 19.2 Å². The van der Waals surface area contributed by atoms with E-state index in [9.17, 15) is 19.7 Å². The van der Waals surface area contributed by atoms with E-state index in [2.05, 4.69) is 5.32 Å². The second-order valence-corrected chi connectivity index (χ2v) is 6.10. The van der Waals surface area contributed by atoms with E-state index in [1.807, 2.05) is 37.3 Å². The Morgan fingerprint density at radius 2 is 1.93 bits per heavy atom. The van der Waals surface area contributed by atoms with Crippen LogP contribution in [0, 0.1) is 10.1 Å². The van der Waals surface area contributed by atoms with E-state index in [4.69, 9.17) is 10.5 Å². The van der Waals surface area contributed by atoms with E-state index < -0.39 is 23.4 Å².